The predicted octanol–water partition coefficient (Wildman–Crippen LogP) is -0.758. The Bertz CT molecular complexity index is 244. The Hall–Kier alpha value is -1.31. The molecule has 0 aliphatic rings. The largest absolute Gasteiger partial charge is 0.464 e. The summed E-state index contributed by atoms with van der Waals surface area (Å²) in [6.45, 7) is 0. The van der Waals surface area contributed by atoms with Crippen LogP contribution in [0, 0.1) is 0 Å². The van der Waals surface area contributed by atoms with E-state index in [1.54, 1.807) is 0 Å². The Kier molecular flexibility index (Phi) is 3.02. The third kappa shape index (κ3) is 3.19. The number of amides is 2. The Morgan fingerprint density at radius 2 is 1.67 bits per heavy atom. The molecule has 2 amide bonds. The molecule has 0 unspecified atom stereocenters. The van der Waals surface area contributed by atoms with Crippen LogP contribution in [-0.2, 0) is 4.57 Å². The lowest BCUT2D eigenvalue weighted by Crippen LogP contribution is -2.42. The molecule has 70 valence electrons. The number of nitrogens with one attached hydrogen (secondary N) is 1. The van der Waals surface area contributed by atoms with E-state index in [0.717, 1.165) is 5.43 Å². The fourth-order valence-electron chi connectivity index (χ4n) is 0.315. The maximum atomic E-state index is 10.2. The highest BCUT2D eigenvalue weighted by Crippen LogP contribution is 2.37. The molecule has 0 bridgehead atoms. The minimum absolute atomic E-state index is 0.713. The molecule has 0 saturated heterocycles. The first kappa shape index (κ1) is 10.7. The third-order valence-electron chi connectivity index (χ3n) is 0.643. The van der Waals surface area contributed by atoms with Crippen molar-refractivity contribution in [2.24, 2.45) is 0 Å². The molecule has 0 rings (SSSR count). The van der Waals surface area contributed by atoms with Crippen LogP contribution in [0.25, 0.3) is 0 Å². The van der Waals surface area contributed by atoms with Crippen LogP contribution in [0.5, 0.6) is 0 Å². The Labute approximate surface area is 65.4 Å². The average Bonchev–Trinajstić information content (AvgIpc) is 1.79. The van der Waals surface area contributed by atoms with Gasteiger partial charge in [-0.05, 0) is 0 Å². The highest BCUT2D eigenvalue weighted by molar-refractivity contribution is 7.49. The zero-order chi connectivity index (χ0) is 9.94. The van der Waals surface area contributed by atoms with Crippen molar-refractivity contribution in [1.29, 1.82) is 0 Å². The Morgan fingerprint density at radius 1 is 1.25 bits per heavy atom. The average molecular weight is 200 g/mol. The molecule has 9 nitrogen and oxygen atoms in total. The molecule has 12 heavy (non-hydrogen) atoms. The van der Waals surface area contributed by atoms with E-state index >= 15 is 0 Å². The molecule has 0 aromatic heterocycles. The minimum Gasteiger partial charge on any atom is -0.464 e. The first-order valence-electron chi connectivity index (χ1n) is 2.34. The number of hydrogen-bond donors (Lipinski definition) is 5. The Balaban J connectivity index is 4.58. The van der Waals surface area contributed by atoms with E-state index in [1.807, 2.05) is 0 Å². The van der Waals surface area contributed by atoms with Crippen molar-refractivity contribution in [3.05, 3.63) is 0 Å². The van der Waals surface area contributed by atoms with Gasteiger partial charge in [0, 0.05) is 0 Å². The topological polar surface area (TPSA) is 147 Å². The molecule has 0 atom stereocenters. The van der Waals surface area contributed by atoms with Crippen molar-refractivity contribution < 1.29 is 34.2 Å². The molecule has 0 aromatic rings. The fourth-order valence-corrected chi connectivity index (χ4v) is 0.754. The summed E-state index contributed by atoms with van der Waals surface area (Å²) in [5.74, 6) is 0. The highest BCUT2D eigenvalue weighted by Gasteiger charge is 2.32. The van der Waals surface area contributed by atoms with Crippen molar-refractivity contribution in [1.82, 2.24) is 10.2 Å². The Morgan fingerprint density at radius 3 is 1.75 bits per heavy atom. The maximum absolute atomic E-state index is 10.2. The molecular formula is C2H5N2O7P. The van der Waals surface area contributed by atoms with Crippen molar-refractivity contribution in [3.8, 4) is 0 Å². The molecule has 0 spiro atoms. The molecule has 0 heterocycles. The zero-order valence-electron chi connectivity index (χ0n) is 5.41. The van der Waals surface area contributed by atoms with E-state index in [0.29, 0.717) is 0 Å². The van der Waals surface area contributed by atoms with Gasteiger partial charge in [-0.1, -0.05) is 0 Å². The van der Waals surface area contributed by atoms with Crippen molar-refractivity contribution >= 4 is 19.9 Å². The van der Waals surface area contributed by atoms with Crippen molar-refractivity contribution in [2.75, 3.05) is 0 Å². The van der Waals surface area contributed by atoms with Gasteiger partial charge in [-0.2, -0.15) is 0 Å². The number of hydrazine groups is 1. The first-order chi connectivity index (χ1) is 5.25. The van der Waals surface area contributed by atoms with E-state index in [-0.39, 0.29) is 0 Å². The van der Waals surface area contributed by atoms with Gasteiger partial charge in [-0.3, -0.25) is 0 Å². The van der Waals surface area contributed by atoms with Crippen LogP contribution in [-0.4, -0.2) is 37.0 Å². The van der Waals surface area contributed by atoms with Crippen LogP contribution in [0.2, 0.25) is 0 Å². The normalized spacial score (nSPS) is 10.5. The molecule has 10 heteroatoms. The lowest BCUT2D eigenvalue weighted by Gasteiger charge is -2.17. The summed E-state index contributed by atoms with van der Waals surface area (Å²) >= 11 is 0. The zero-order valence-corrected chi connectivity index (χ0v) is 6.30. The van der Waals surface area contributed by atoms with Gasteiger partial charge >= 0.3 is 19.9 Å². The van der Waals surface area contributed by atoms with Gasteiger partial charge in [0.2, 0.25) is 0 Å². The number of rotatable bonds is 1. The van der Waals surface area contributed by atoms with Gasteiger partial charge in [0.15, 0.2) is 0 Å². The minimum atomic E-state index is -5.14. The van der Waals surface area contributed by atoms with Gasteiger partial charge in [0.05, 0.1) is 0 Å². The molecule has 0 aliphatic heterocycles. The van der Waals surface area contributed by atoms with Gasteiger partial charge in [0.25, 0.3) is 0 Å². The van der Waals surface area contributed by atoms with Crippen LogP contribution < -0.4 is 5.43 Å². The van der Waals surface area contributed by atoms with E-state index < -0.39 is 24.7 Å². The molecule has 0 radical (unpaired) electrons. The van der Waals surface area contributed by atoms with Crippen molar-refractivity contribution in [3.63, 3.8) is 0 Å². The van der Waals surface area contributed by atoms with Crippen LogP contribution in [0.4, 0.5) is 9.59 Å². The lowest BCUT2D eigenvalue weighted by atomic mass is 11.2. The summed E-state index contributed by atoms with van der Waals surface area (Å²) in [7, 11) is -5.14. The summed E-state index contributed by atoms with van der Waals surface area (Å²) in [4.78, 5) is 36.2. The lowest BCUT2D eigenvalue weighted by molar-refractivity contribution is 0.129. The molecule has 0 aliphatic carbocycles. The van der Waals surface area contributed by atoms with E-state index in [4.69, 9.17) is 20.0 Å². The van der Waals surface area contributed by atoms with Crippen LogP contribution in [0.1, 0.15) is 0 Å². The van der Waals surface area contributed by atoms with Gasteiger partial charge in [-0.25, -0.2) is 19.6 Å². The number of carboxylic acid groups (broad SMARTS) is 2. The summed E-state index contributed by atoms with van der Waals surface area (Å²) < 4.78 is 9.51. The number of nitrogens with zero attached hydrogens (tertiary/aromatic N) is 1. The van der Waals surface area contributed by atoms with Crippen LogP contribution in [0.3, 0.4) is 0 Å². The second-order valence-corrected chi connectivity index (χ2v) is 2.95. The van der Waals surface area contributed by atoms with E-state index in [9.17, 15) is 14.2 Å². The number of carbonyl (C=O) groups is 2. The standard InChI is InChI=1S/C2H5N2O7P/c5-1(6)3-4(2(7)8)12(9,10)11/h3H,(H,5,6)(H,7,8)(H2,9,10,11). The molecule has 0 aromatic carbocycles. The van der Waals surface area contributed by atoms with Gasteiger partial charge in [-0.15, -0.1) is 4.78 Å². The summed E-state index contributed by atoms with van der Waals surface area (Å²) in [6, 6.07) is 0. The monoisotopic (exact) mass is 200 g/mol. The summed E-state index contributed by atoms with van der Waals surface area (Å²) in [5.41, 5.74) is 1.01. The van der Waals surface area contributed by atoms with Gasteiger partial charge in [0.1, 0.15) is 0 Å². The SMILES string of the molecule is O=C(O)NN(C(=O)O)P(=O)(O)O. The van der Waals surface area contributed by atoms with Crippen LogP contribution >= 0.6 is 7.75 Å². The summed E-state index contributed by atoms with van der Waals surface area (Å²) in [6.07, 6.45) is -3.98. The molecule has 0 saturated carbocycles. The van der Waals surface area contributed by atoms with E-state index in [2.05, 4.69) is 0 Å². The van der Waals surface area contributed by atoms with Crippen LogP contribution in [0.15, 0.2) is 0 Å². The third-order valence-corrected chi connectivity index (χ3v) is 1.44. The second-order valence-electron chi connectivity index (χ2n) is 1.52. The smallest absolute Gasteiger partial charge is 0.454 e. The quantitative estimate of drug-likeness (QED) is 0.276. The fraction of sp³-hybridized carbons (Fsp3) is 0. The summed E-state index contributed by atoms with van der Waals surface area (Å²) in [5, 5.41) is 16.0. The molecular weight excluding hydrogens is 195 g/mol. The maximum Gasteiger partial charge on any atom is 0.454 e. The van der Waals surface area contributed by atoms with Gasteiger partial charge < -0.3 is 20.0 Å². The predicted molar refractivity (Wildman–Crippen MR) is 33.1 cm³/mol. The molecule has 5 N–H and O–H groups in total. The number of hydrogen-bond acceptors (Lipinski definition) is 3. The second kappa shape index (κ2) is 3.39. The van der Waals surface area contributed by atoms with E-state index in [1.165, 1.54) is 0 Å². The van der Waals surface area contributed by atoms with Crippen molar-refractivity contribution in [2.45, 2.75) is 0 Å². The highest BCUT2D eigenvalue weighted by atomic mass is 31.2. The first-order valence-corrected chi connectivity index (χ1v) is 3.90. The molecule has 0 fully saturated rings.